The Kier molecular flexibility index (Phi) is 4.31. The van der Waals surface area contributed by atoms with Crippen LogP contribution in [-0.2, 0) is 6.18 Å². The van der Waals surface area contributed by atoms with Gasteiger partial charge in [0.05, 0.1) is 17.5 Å². The summed E-state index contributed by atoms with van der Waals surface area (Å²) in [7, 11) is 0. The largest absolute Gasteiger partial charge is 0.479 e. The Balaban J connectivity index is 1.86. The molecule has 0 saturated carbocycles. The molecule has 128 valence electrons. The van der Waals surface area contributed by atoms with Gasteiger partial charge in [0.2, 0.25) is 5.89 Å². The molecule has 0 aliphatic carbocycles. The number of alkyl halides is 3. The summed E-state index contributed by atoms with van der Waals surface area (Å²) < 4.78 is 43.3. The summed E-state index contributed by atoms with van der Waals surface area (Å²) in [6, 6.07) is 11.9. The van der Waals surface area contributed by atoms with E-state index in [1.807, 2.05) is 19.1 Å². The van der Waals surface area contributed by atoms with Gasteiger partial charge < -0.3 is 9.52 Å². The van der Waals surface area contributed by atoms with Gasteiger partial charge in [-0.25, -0.2) is 4.98 Å². The first-order valence-corrected chi connectivity index (χ1v) is 7.31. The Morgan fingerprint density at radius 1 is 1.12 bits per heavy atom. The minimum absolute atomic E-state index is 0.0352. The van der Waals surface area contributed by atoms with Gasteiger partial charge in [0.15, 0.2) is 5.69 Å². The molecule has 2 aromatic carbocycles. The van der Waals surface area contributed by atoms with Crippen molar-refractivity contribution in [2.24, 2.45) is 4.99 Å². The maximum Gasteiger partial charge on any atom is 0.416 e. The van der Waals surface area contributed by atoms with E-state index in [1.54, 1.807) is 12.1 Å². The number of aromatic nitrogens is 1. The van der Waals surface area contributed by atoms with Crippen LogP contribution in [0.1, 0.15) is 16.8 Å². The third kappa shape index (κ3) is 3.88. The third-order valence-corrected chi connectivity index (χ3v) is 3.44. The van der Waals surface area contributed by atoms with Crippen LogP contribution in [0.25, 0.3) is 11.5 Å². The van der Waals surface area contributed by atoms with Crippen LogP contribution in [0.2, 0.25) is 0 Å². The van der Waals surface area contributed by atoms with Gasteiger partial charge in [-0.2, -0.15) is 13.2 Å². The molecule has 0 amide bonds. The summed E-state index contributed by atoms with van der Waals surface area (Å²) >= 11 is 0. The Labute approximate surface area is 141 Å². The monoisotopic (exact) mass is 346 g/mol. The molecule has 3 aromatic rings. The molecule has 0 atom stereocenters. The number of halogens is 3. The lowest BCUT2D eigenvalue weighted by atomic mass is 10.1. The smallest absolute Gasteiger partial charge is 0.416 e. The number of rotatable bonds is 3. The maximum atomic E-state index is 12.7. The van der Waals surface area contributed by atoms with Crippen LogP contribution < -0.4 is 0 Å². The Hall–Kier alpha value is -3.09. The summed E-state index contributed by atoms with van der Waals surface area (Å²) in [6.45, 7) is 1.93. The van der Waals surface area contributed by atoms with Gasteiger partial charge in [-0.1, -0.05) is 23.8 Å². The maximum absolute atomic E-state index is 12.7. The van der Waals surface area contributed by atoms with Crippen molar-refractivity contribution in [1.29, 1.82) is 0 Å². The zero-order valence-corrected chi connectivity index (χ0v) is 13.1. The summed E-state index contributed by atoms with van der Waals surface area (Å²) in [5.74, 6) is -0.255. The van der Waals surface area contributed by atoms with E-state index < -0.39 is 17.7 Å². The molecular formula is C18H13F3N2O2. The summed E-state index contributed by atoms with van der Waals surface area (Å²) in [6.07, 6.45) is -3.29. The lowest BCUT2D eigenvalue weighted by Gasteiger charge is -2.06. The lowest BCUT2D eigenvalue weighted by molar-refractivity contribution is -0.137. The third-order valence-electron chi connectivity index (χ3n) is 3.44. The van der Waals surface area contributed by atoms with Crippen LogP contribution in [0.3, 0.4) is 0 Å². The van der Waals surface area contributed by atoms with Crippen LogP contribution in [0.5, 0.6) is 5.95 Å². The second-order valence-electron chi connectivity index (χ2n) is 5.38. The molecule has 1 aromatic heterocycles. The van der Waals surface area contributed by atoms with Gasteiger partial charge >= 0.3 is 12.1 Å². The van der Waals surface area contributed by atoms with E-state index in [2.05, 4.69) is 9.98 Å². The van der Waals surface area contributed by atoms with Gasteiger partial charge in [0.1, 0.15) is 0 Å². The van der Waals surface area contributed by atoms with E-state index in [0.29, 0.717) is 5.56 Å². The first-order chi connectivity index (χ1) is 11.8. The number of benzene rings is 2. The molecule has 0 saturated heterocycles. The molecule has 7 heteroatoms. The van der Waals surface area contributed by atoms with Gasteiger partial charge in [-0.15, -0.1) is 0 Å². The predicted molar refractivity (Wildman–Crippen MR) is 87.0 cm³/mol. The van der Waals surface area contributed by atoms with Gasteiger partial charge in [0.25, 0.3) is 0 Å². The summed E-state index contributed by atoms with van der Waals surface area (Å²) in [5.41, 5.74) is 1.06. The Morgan fingerprint density at radius 3 is 2.52 bits per heavy atom. The molecule has 0 fully saturated rings. The lowest BCUT2D eigenvalue weighted by Crippen LogP contribution is -2.03. The zero-order valence-electron chi connectivity index (χ0n) is 13.1. The average Bonchev–Trinajstić information content (AvgIpc) is 2.94. The summed E-state index contributed by atoms with van der Waals surface area (Å²) in [5, 5.41) is 9.81. The van der Waals surface area contributed by atoms with Gasteiger partial charge in [0, 0.05) is 5.56 Å². The highest BCUT2D eigenvalue weighted by Gasteiger charge is 2.30. The molecule has 0 radical (unpaired) electrons. The number of aryl methyl sites for hydroxylation is 1. The van der Waals surface area contributed by atoms with Crippen molar-refractivity contribution in [1.82, 2.24) is 4.98 Å². The van der Waals surface area contributed by atoms with Crippen molar-refractivity contribution in [2.45, 2.75) is 13.1 Å². The minimum atomic E-state index is -4.44. The van der Waals surface area contributed by atoms with E-state index in [4.69, 9.17) is 4.42 Å². The van der Waals surface area contributed by atoms with Crippen molar-refractivity contribution in [3.05, 3.63) is 65.4 Å². The highest BCUT2D eigenvalue weighted by molar-refractivity contribution is 5.83. The predicted octanol–water partition coefficient (Wildman–Crippen LogP) is 5.13. The average molecular weight is 346 g/mol. The highest BCUT2D eigenvalue weighted by Crippen LogP contribution is 2.31. The van der Waals surface area contributed by atoms with Gasteiger partial charge in [-0.3, -0.25) is 4.99 Å². The molecule has 1 N–H and O–H groups in total. The number of nitrogens with zero attached hydrogens (tertiary/aromatic N) is 2. The fourth-order valence-corrected chi connectivity index (χ4v) is 2.13. The topological polar surface area (TPSA) is 58.6 Å². The summed E-state index contributed by atoms with van der Waals surface area (Å²) in [4.78, 5) is 8.03. The van der Waals surface area contributed by atoms with Crippen molar-refractivity contribution >= 4 is 11.9 Å². The highest BCUT2D eigenvalue weighted by atomic mass is 19.4. The molecule has 4 nitrogen and oxygen atoms in total. The first-order valence-electron chi connectivity index (χ1n) is 7.31. The van der Waals surface area contributed by atoms with Gasteiger partial charge in [-0.05, 0) is 37.3 Å². The fourth-order valence-electron chi connectivity index (χ4n) is 2.13. The molecule has 3 rings (SSSR count). The van der Waals surface area contributed by atoms with Crippen molar-refractivity contribution in [2.75, 3.05) is 0 Å². The SMILES string of the molecule is Cc1ccc(-c2nc(C=Nc3cccc(C(F)(F)F)c3)c(O)o2)cc1. The molecule has 0 aliphatic rings. The van der Waals surface area contributed by atoms with Crippen LogP contribution in [-0.4, -0.2) is 16.3 Å². The second kappa shape index (κ2) is 6.43. The van der Waals surface area contributed by atoms with E-state index in [-0.39, 0.29) is 17.3 Å². The molecule has 0 aliphatic heterocycles. The molecule has 0 spiro atoms. The number of aromatic hydroxyl groups is 1. The van der Waals surface area contributed by atoms with Crippen LogP contribution >= 0.6 is 0 Å². The number of hydrogen-bond acceptors (Lipinski definition) is 4. The molecule has 0 unspecified atom stereocenters. The quantitative estimate of drug-likeness (QED) is 0.669. The van der Waals surface area contributed by atoms with E-state index in [1.165, 1.54) is 12.1 Å². The Bertz CT molecular complexity index is 913. The minimum Gasteiger partial charge on any atom is -0.479 e. The number of aliphatic imine (C=N–C) groups is 1. The molecular weight excluding hydrogens is 333 g/mol. The van der Waals surface area contributed by atoms with Crippen molar-refractivity contribution < 1.29 is 22.7 Å². The normalized spacial score (nSPS) is 12.0. The second-order valence-corrected chi connectivity index (χ2v) is 5.38. The molecule has 0 bridgehead atoms. The van der Waals surface area contributed by atoms with E-state index in [9.17, 15) is 18.3 Å². The number of oxazole rings is 1. The van der Waals surface area contributed by atoms with E-state index in [0.717, 1.165) is 23.9 Å². The first kappa shape index (κ1) is 16.8. The molecule has 1 heterocycles. The van der Waals surface area contributed by atoms with Crippen LogP contribution in [0.15, 0.2) is 57.9 Å². The van der Waals surface area contributed by atoms with Crippen LogP contribution in [0, 0.1) is 6.92 Å². The zero-order chi connectivity index (χ0) is 18.0. The van der Waals surface area contributed by atoms with Crippen LogP contribution in [0.4, 0.5) is 18.9 Å². The van der Waals surface area contributed by atoms with Crippen molar-refractivity contribution in [3.8, 4) is 17.4 Å². The van der Waals surface area contributed by atoms with Crippen molar-refractivity contribution in [3.63, 3.8) is 0 Å². The fraction of sp³-hybridized carbons (Fsp3) is 0.111. The molecule has 25 heavy (non-hydrogen) atoms. The Morgan fingerprint density at radius 2 is 1.84 bits per heavy atom. The van der Waals surface area contributed by atoms with E-state index >= 15 is 0 Å². The number of hydrogen-bond donors (Lipinski definition) is 1. The standard InChI is InChI=1S/C18H13F3N2O2/c1-11-5-7-12(8-6-11)16-23-15(17(24)25-16)10-22-14-4-2-3-13(9-14)18(19,20)21/h2-10,24H,1H3.